The summed E-state index contributed by atoms with van der Waals surface area (Å²) in [6, 6.07) is 23.3. The van der Waals surface area contributed by atoms with Gasteiger partial charge in [0.05, 0.1) is 18.2 Å². The Morgan fingerprint density at radius 2 is 1.62 bits per heavy atom. The zero-order valence-electron chi connectivity index (χ0n) is 22.8. The Hall–Kier alpha value is -3.55. The van der Waals surface area contributed by atoms with Gasteiger partial charge in [-0.05, 0) is 55.7 Å². The first-order valence-corrected chi connectivity index (χ1v) is 13.5. The normalized spacial score (nSPS) is 11.6. The zero-order chi connectivity index (χ0) is 28.0. The van der Waals surface area contributed by atoms with Crippen LogP contribution in [0.15, 0.2) is 78.9 Å². The average molecular weight is 553 g/mol. The van der Waals surface area contributed by atoms with Crippen molar-refractivity contribution >= 4 is 23.4 Å². The number of benzene rings is 3. The molecule has 0 aliphatic heterocycles. The van der Waals surface area contributed by atoms with Gasteiger partial charge in [0.1, 0.15) is 17.5 Å². The number of carbonyl (C=O) groups excluding carboxylic acids is 2. The van der Waals surface area contributed by atoms with Crippen LogP contribution in [-0.4, -0.2) is 55.7 Å². The summed E-state index contributed by atoms with van der Waals surface area (Å²) in [6.45, 7) is 4.89. The van der Waals surface area contributed by atoms with Crippen LogP contribution in [0.4, 0.5) is 0 Å². The number of carbonyl (C=O) groups is 2. The van der Waals surface area contributed by atoms with Gasteiger partial charge in [0, 0.05) is 26.1 Å². The van der Waals surface area contributed by atoms with E-state index in [1.165, 1.54) is 0 Å². The summed E-state index contributed by atoms with van der Waals surface area (Å²) in [6.07, 6.45) is 1.15. The fourth-order valence-electron chi connectivity index (χ4n) is 3.99. The second kappa shape index (κ2) is 15.8. The quantitative estimate of drug-likeness (QED) is 0.259. The highest BCUT2D eigenvalue weighted by atomic mass is 35.5. The second-order valence-corrected chi connectivity index (χ2v) is 9.77. The fraction of sp³-hybridized carbons (Fsp3) is 0.355. The molecule has 0 spiro atoms. The highest BCUT2D eigenvalue weighted by Gasteiger charge is 2.30. The smallest absolute Gasteiger partial charge is 0.261 e. The van der Waals surface area contributed by atoms with Gasteiger partial charge in [0.15, 0.2) is 6.61 Å². The van der Waals surface area contributed by atoms with E-state index in [9.17, 15) is 9.59 Å². The minimum absolute atomic E-state index is 0.127. The predicted octanol–water partition coefficient (Wildman–Crippen LogP) is 5.30. The first-order valence-electron chi connectivity index (χ1n) is 13.1. The number of halogens is 1. The Kier molecular flexibility index (Phi) is 12.1. The summed E-state index contributed by atoms with van der Waals surface area (Å²) in [5, 5.41) is 3.42. The van der Waals surface area contributed by atoms with Gasteiger partial charge in [0.2, 0.25) is 5.91 Å². The number of rotatable bonds is 15. The lowest BCUT2D eigenvalue weighted by Crippen LogP contribution is -2.52. The third-order valence-electron chi connectivity index (χ3n) is 6.04. The molecule has 0 heterocycles. The maximum Gasteiger partial charge on any atom is 0.261 e. The molecule has 7 nitrogen and oxygen atoms in total. The summed E-state index contributed by atoms with van der Waals surface area (Å²) in [4.78, 5) is 28.8. The molecule has 0 aliphatic rings. The molecule has 1 atom stereocenters. The van der Waals surface area contributed by atoms with Crippen molar-refractivity contribution in [3.63, 3.8) is 0 Å². The molecular formula is C31H37ClN2O5. The van der Waals surface area contributed by atoms with Gasteiger partial charge in [-0.15, -0.1) is 0 Å². The molecule has 208 valence electrons. The van der Waals surface area contributed by atoms with Crippen molar-refractivity contribution in [2.24, 2.45) is 0 Å². The number of ether oxygens (including phenoxy) is 3. The Labute approximate surface area is 236 Å². The van der Waals surface area contributed by atoms with Gasteiger partial charge in [-0.2, -0.15) is 0 Å². The molecule has 0 bridgehead atoms. The van der Waals surface area contributed by atoms with Crippen LogP contribution < -0.4 is 14.8 Å². The van der Waals surface area contributed by atoms with Crippen LogP contribution in [-0.2, 0) is 27.3 Å². The van der Waals surface area contributed by atoms with Crippen LogP contribution >= 0.6 is 11.6 Å². The number of methoxy groups -OCH3 is 1. The lowest BCUT2D eigenvalue weighted by atomic mass is 10.0. The zero-order valence-corrected chi connectivity index (χ0v) is 23.5. The van der Waals surface area contributed by atoms with Crippen LogP contribution in [0.25, 0.3) is 0 Å². The van der Waals surface area contributed by atoms with Gasteiger partial charge < -0.3 is 24.4 Å². The molecule has 1 unspecified atom stereocenters. The number of nitrogens with one attached hydrogen (secondary N) is 1. The van der Waals surface area contributed by atoms with Crippen LogP contribution in [0.2, 0.25) is 5.02 Å². The minimum atomic E-state index is -0.761. The van der Waals surface area contributed by atoms with Gasteiger partial charge in [-0.3, -0.25) is 9.59 Å². The molecule has 0 saturated carbocycles. The highest BCUT2D eigenvalue weighted by Crippen LogP contribution is 2.24. The fourth-order valence-corrected chi connectivity index (χ4v) is 4.18. The lowest BCUT2D eigenvalue weighted by molar-refractivity contribution is -0.142. The number of nitrogens with zero attached hydrogens (tertiary/aromatic N) is 1. The van der Waals surface area contributed by atoms with Crippen molar-refractivity contribution in [1.29, 1.82) is 0 Å². The predicted molar refractivity (Wildman–Crippen MR) is 153 cm³/mol. The Bertz CT molecular complexity index is 1170. The van der Waals surface area contributed by atoms with E-state index in [0.29, 0.717) is 42.5 Å². The van der Waals surface area contributed by atoms with Crippen LogP contribution in [0.5, 0.6) is 11.5 Å². The van der Waals surface area contributed by atoms with E-state index in [1.54, 1.807) is 36.3 Å². The average Bonchev–Trinajstić information content (AvgIpc) is 2.94. The molecule has 8 heteroatoms. The highest BCUT2D eigenvalue weighted by molar-refractivity contribution is 6.32. The SMILES string of the molecule is COc1ccc(CN(C(=O)COc2ccccc2Cl)C(Cc2ccccc2)C(=O)NCCCOC(C)C)cc1. The third-order valence-corrected chi connectivity index (χ3v) is 6.35. The molecule has 2 amide bonds. The maximum absolute atomic E-state index is 13.7. The van der Waals surface area contributed by atoms with Crippen molar-refractivity contribution in [3.8, 4) is 11.5 Å². The monoisotopic (exact) mass is 552 g/mol. The van der Waals surface area contributed by atoms with Crippen molar-refractivity contribution in [2.45, 2.75) is 45.4 Å². The topological polar surface area (TPSA) is 77.1 Å². The van der Waals surface area contributed by atoms with Crippen molar-refractivity contribution < 1.29 is 23.8 Å². The summed E-state index contributed by atoms with van der Waals surface area (Å²) in [7, 11) is 1.60. The molecule has 0 saturated heterocycles. The number of hydrogen-bond acceptors (Lipinski definition) is 5. The van der Waals surface area contributed by atoms with Gasteiger partial charge in [-0.1, -0.05) is 66.2 Å². The number of para-hydroxylation sites is 1. The summed E-state index contributed by atoms with van der Waals surface area (Å²) in [5.74, 6) is 0.556. The summed E-state index contributed by atoms with van der Waals surface area (Å²) >= 11 is 6.23. The standard InChI is InChI=1S/C31H37ClN2O5/c1-23(2)38-19-9-18-33-31(36)28(20-24-10-5-4-6-11-24)34(21-25-14-16-26(37-3)17-15-25)30(35)22-39-29-13-8-7-12-27(29)32/h4-8,10-17,23,28H,9,18-22H2,1-3H3,(H,33,36). The molecule has 3 rings (SSSR count). The number of amides is 2. The lowest BCUT2D eigenvalue weighted by Gasteiger charge is -2.31. The van der Waals surface area contributed by atoms with E-state index in [2.05, 4.69) is 5.32 Å². The molecule has 1 N–H and O–H groups in total. The van der Waals surface area contributed by atoms with E-state index in [1.807, 2.05) is 68.4 Å². The van der Waals surface area contributed by atoms with Crippen LogP contribution in [0.3, 0.4) is 0 Å². The van der Waals surface area contributed by atoms with Gasteiger partial charge >= 0.3 is 0 Å². The Morgan fingerprint density at radius 1 is 0.923 bits per heavy atom. The molecule has 0 aromatic heterocycles. The molecule has 0 fully saturated rings. The van der Waals surface area contributed by atoms with E-state index >= 15 is 0 Å². The number of hydrogen-bond donors (Lipinski definition) is 1. The Balaban J connectivity index is 1.84. The summed E-state index contributed by atoms with van der Waals surface area (Å²) in [5.41, 5.74) is 1.80. The van der Waals surface area contributed by atoms with E-state index in [0.717, 1.165) is 11.1 Å². The molecule has 39 heavy (non-hydrogen) atoms. The molecule has 3 aromatic carbocycles. The minimum Gasteiger partial charge on any atom is -0.497 e. The van der Waals surface area contributed by atoms with Crippen molar-refractivity contribution in [2.75, 3.05) is 26.9 Å². The molecular weight excluding hydrogens is 516 g/mol. The first-order chi connectivity index (χ1) is 18.9. The van der Waals surface area contributed by atoms with Crippen LogP contribution in [0, 0.1) is 0 Å². The molecule has 3 aromatic rings. The van der Waals surface area contributed by atoms with E-state index in [4.69, 9.17) is 25.8 Å². The molecule has 0 radical (unpaired) electrons. The van der Waals surface area contributed by atoms with Crippen molar-refractivity contribution in [3.05, 3.63) is 95.0 Å². The van der Waals surface area contributed by atoms with Gasteiger partial charge in [-0.25, -0.2) is 0 Å². The first kappa shape index (κ1) is 30.0. The van der Waals surface area contributed by atoms with E-state index < -0.39 is 6.04 Å². The second-order valence-electron chi connectivity index (χ2n) is 9.36. The molecule has 0 aliphatic carbocycles. The van der Waals surface area contributed by atoms with Crippen molar-refractivity contribution in [1.82, 2.24) is 10.2 Å². The van der Waals surface area contributed by atoms with E-state index in [-0.39, 0.29) is 31.1 Å². The van der Waals surface area contributed by atoms with Gasteiger partial charge in [0.25, 0.3) is 5.91 Å². The Morgan fingerprint density at radius 3 is 2.28 bits per heavy atom. The third kappa shape index (κ3) is 9.93. The maximum atomic E-state index is 13.7. The largest absolute Gasteiger partial charge is 0.497 e. The summed E-state index contributed by atoms with van der Waals surface area (Å²) < 4.78 is 16.6. The van der Waals surface area contributed by atoms with Crippen LogP contribution in [0.1, 0.15) is 31.4 Å².